The van der Waals surface area contributed by atoms with E-state index in [2.05, 4.69) is 163 Å². The number of hydrogen-bond donors (Lipinski definition) is 0. The summed E-state index contributed by atoms with van der Waals surface area (Å²) in [6.07, 6.45) is 9.05. The molecule has 54 heavy (non-hydrogen) atoms. The number of aromatic nitrogens is 1. The van der Waals surface area contributed by atoms with E-state index in [1.54, 1.807) is 0 Å². The Balaban J connectivity index is 1.03. The van der Waals surface area contributed by atoms with Gasteiger partial charge in [-0.25, -0.2) is 4.98 Å². The molecule has 9 aromatic rings. The van der Waals surface area contributed by atoms with Crippen LogP contribution in [0.4, 0.5) is 17.1 Å². The van der Waals surface area contributed by atoms with Crippen molar-refractivity contribution in [2.45, 2.75) is 12.8 Å². The van der Waals surface area contributed by atoms with Gasteiger partial charge in [0.25, 0.3) is 0 Å². The molecule has 1 heterocycles. The van der Waals surface area contributed by atoms with Crippen LogP contribution >= 0.6 is 0 Å². The molecule has 256 valence electrons. The summed E-state index contributed by atoms with van der Waals surface area (Å²) in [6, 6.07) is 62.8. The first-order chi connectivity index (χ1) is 26.7. The lowest BCUT2D eigenvalue weighted by Gasteiger charge is -2.26. The number of anilines is 3. The molecule has 10 rings (SSSR count). The van der Waals surface area contributed by atoms with Gasteiger partial charge in [0.2, 0.25) is 5.89 Å². The molecule has 8 aromatic carbocycles. The first-order valence-corrected chi connectivity index (χ1v) is 18.6. The summed E-state index contributed by atoms with van der Waals surface area (Å²) in [5.41, 5.74) is 13.3. The third-order valence-electron chi connectivity index (χ3n) is 10.5. The summed E-state index contributed by atoms with van der Waals surface area (Å²) in [7, 11) is 0. The van der Waals surface area contributed by atoms with Gasteiger partial charge < -0.3 is 9.32 Å². The zero-order valence-corrected chi connectivity index (χ0v) is 29.7. The van der Waals surface area contributed by atoms with Gasteiger partial charge in [0.15, 0.2) is 5.58 Å². The van der Waals surface area contributed by atoms with E-state index in [1.807, 2.05) is 36.4 Å². The molecule has 0 saturated carbocycles. The summed E-state index contributed by atoms with van der Waals surface area (Å²) in [5.74, 6) is 0.642. The maximum atomic E-state index is 6.16. The molecule has 3 heteroatoms. The number of allylic oxidation sites excluding steroid dienone is 4. The molecule has 0 aliphatic heterocycles. The third-order valence-corrected chi connectivity index (χ3v) is 10.5. The van der Waals surface area contributed by atoms with Gasteiger partial charge in [0, 0.05) is 28.0 Å². The summed E-state index contributed by atoms with van der Waals surface area (Å²) in [5, 5.41) is 4.60. The van der Waals surface area contributed by atoms with E-state index in [1.165, 1.54) is 38.6 Å². The van der Waals surface area contributed by atoms with Crippen LogP contribution in [0.25, 0.3) is 71.9 Å². The SMILES string of the molecule is C1=CC(c2ccc(N(c3ccc(-c4ccccc4)cc3)c3ccc4ccc(-c5ccc6c(ccc7oc(-c8ccccc8)nc76)c5)cc4c3)cc2)=CCC1. The normalized spacial score (nSPS) is 12.7. The van der Waals surface area contributed by atoms with Crippen LogP contribution in [-0.4, -0.2) is 4.98 Å². The largest absolute Gasteiger partial charge is 0.436 e. The molecule has 0 N–H and O–H groups in total. The van der Waals surface area contributed by atoms with Gasteiger partial charge in [-0.2, -0.15) is 0 Å². The van der Waals surface area contributed by atoms with Crippen molar-refractivity contribution in [1.82, 2.24) is 4.98 Å². The quantitative estimate of drug-likeness (QED) is 0.166. The molecule has 0 radical (unpaired) electrons. The van der Waals surface area contributed by atoms with E-state index < -0.39 is 0 Å². The maximum Gasteiger partial charge on any atom is 0.227 e. The highest BCUT2D eigenvalue weighted by Crippen LogP contribution is 2.39. The zero-order chi connectivity index (χ0) is 35.8. The van der Waals surface area contributed by atoms with Crippen molar-refractivity contribution in [3.63, 3.8) is 0 Å². The monoisotopic (exact) mass is 692 g/mol. The lowest BCUT2D eigenvalue weighted by molar-refractivity contribution is 0.620. The lowest BCUT2D eigenvalue weighted by atomic mass is 9.97. The van der Waals surface area contributed by atoms with Crippen molar-refractivity contribution in [3.8, 4) is 33.7 Å². The van der Waals surface area contributed by atoms with Crippen LogP contribution in [0, 0.1) is 0 Å². The van der Waals surface area contributed by atoms with E-state index in [0.717, 1.165) is 62.9 Å². The zero-order valence-electron chi connectivity index (χ0n) is 29.7. The second-order valence-corrected chi connectivity index (χ2v) is 13.9. The Hall–Kier alpha value is -6.97. The van der Waals surface area contributed by atoms with E-state index in [-0.39, 0.29) is 0 Å². The Bertz CT molecular complexity index is 2850. The molecule has 0 atom stereocenters. The molecule has 0 fully saturated rings. The molecule has 0 saturated heterocycles. The molecule has 1 aromatic heterocycles. The van der Waals surface area contributed by atoms with Crippen molar-refractivity contribution in [1.29, 1.82) is 0 Å². The number of fused-ring (bicyclic) bond motifs is 4. The average molecular weight is 693 g/mol. The van der Waals surface area contributed by atoms with E-state index in [0.29, 0.717) is 5.89 Å². The molecular formula is C51H36N2O. The molecule has 1 aliphatic rings. The van der Waals surface area contributed by atoms with Gasteiger partial charge in [-0.05, 0) is 129 Å². The van der Waals surface area contributed by atoms with Gasteiger partial charge in [0.1, 0.15) is 5.52 Å². The van der Waals surface area contributed by atoms with Crippen molar-refractivity contribution in [3.05, 3.63) is 200 Å². The minimum Gasteiger partial charge on any atom is -0.436 e. The molecule has 0 unspecified atom stereocenters. The van der Waals surface area contributed by atoms with Crippen LogP contribution in [0.2, 0.25) is 0 Å². The number of hydrogen-bond acceptors (Lipinski definition) is 3. The topological polar surface area (TPSA) is 29.3 Å². The highest BCUT2D eigenvalue weighted by Gasteiger charge is 2.16. The van der Waals surface area contributed by atoms with E-state index >= 15 is 0 Å². The van der Waals surface area contributed by atoms with Gasteiger partial charge >= 0.3 is 0 Å². The molecule has 0 spiro atoms. The van der Waals surface area contributed by atoms with Crippen molar-refractivity contribution < 1.29 is 4.42 Å². The number of benzene rings is 8. The van der Waals surface area contributed by atoms with Gasteiger partial charge in [-0.15, -0.1) is 0 Å². The minimum atomic E-state index is 0.642. The smallest absolute Gasteiger partial charge is 0.227 e. The number of rotatable bonds is 7. The fourth-order valence-corrected chi connectivity index (χ4v) is 7.67. The number of nitrogens with zero attached hydrogens (tertiary/aromatic N) is 2. The van der Waals surface area contributed by atoms with Crippen molar-refractivity contribution >= 4 is 55.3 Å². The van der Waals surface area contributed by atoms with Crippen LogP contribution in [0.1, 0.15) is 18.4 Å². The highest BCUT2D eigenvalue weighted by atomic mass is 16.3. The fraction of sp³-hybridized carbons (Fsp3) is 0.0392. The summed E-state index contributed by atoms with van der Waals surface area (Å²) in [4.78, 5) is 7.26. The standard InChI is InChI=1S/C51H36N2O/c1-4-10-35(11-5-1)37-18-25-45(26-19-37)53(46-27-20-38(21-28-46)36-12-6-2-7-13-36)47-29-22-39-16-17-41(33-44(39)34-47)42-23-30-48-43(32-42)24-31-49-50(48)52-51(54-49)40-14-8-3-9-15-40/h1,3-6,8-34H,2,7H2. The van der Waals surface area contributed by atoms with Gasteiger partial charge in [-0.3, -0.25) is 0 Å². The van der Waals surface area contributed by atoms with Crippen LogP contribution < -0.4 is 4.90 Å². The Morgan fingerprint density at radius 3 is 1.76 bits per heavy atom. The van der Waals surface area contributed by atoms with Gasteiger partial charge in [-0.1, -0.05) is 127 Å². The molecule has 0 bridgehead atoms. The summed E-state index contributed by atoms with van der Waals surface area (Å²) in [6.45, 7) is 0. The first-order valence-electron chi connectivity index (χ1n) is 18.6. The third kappa shape index (κ3) is 5.96. The second-order valence-electron chi connectivity index (χ2n) is 13.9. The van der Waals surface area contributed by atoms with Crippen LogP contribution in [0.5, 0.6) is 0 Å². The van der Waals surface area contributed by atoms with Crippen LogP contribution in [-0.2, 0) is 0 Å². The maximum absolute atomic E-state index is 6.16. The predicted molar refractivity (Wildman–Crippen MR) is 226 cm³/mol. The summed E-state index contributed by atoms with van der Waals surface area (Å²) >= 11 is 0. The van der Waals surface area contributed by atoms with Crippen molar-refractivity contribution in [2.24, 2.45) is 0 Å². The highest BCUT2D eigenvalue weighted by molar-refractivity contribution is 6.05. The Labute approximate surface area is 314 Å². The molecule has 3 nitrogen and oxygen atoms in total. The first kappa shape index (κ1) is 31.7. The molecular weight excluding hydrogens is 657 g/mol. The number of oxazole rings is 1. The Morgan fingerprint density at radius 1 is 0.444 bits per heavy atom. The molecule has 1 aliphatic carbocycles. The van der Waals surface area contributed by atoms with E-state index in [9.17, 15) is 0 Å². The Morgan fingerprint density at radius 2 is 1.04 bits per heavy atom. The fourth-order valence-electron chi connectivity index (χ4n) is 7.67. The van der Waals surface area contributed by atoms with Crippen molar-refractivity contribution in [2.75, 3.05) is 4.90 Å². The Kier molecular flexibility index (Phi) is 7.96. The minimum absolute atomic E-state index is 0.642. The summed E-state index contributed by atoms with van der Waals surface area (Å²) < 4.78 is 6.16. The second kappa shape index (κ2) is 13.5. The van der Waals surface area contributed by atoms with Gasteiger partial charge in [0.05, 0.1) is 0 Å². The predicted octanol–water partition coefficient (Wildman–Crippen LogP) is 14.3. The lowest BCUT2D eigenvalue weighted by Crippen LogP contribution is -2.10. The average Bonchev–Trinajstić information content (AvgIpc) is 3.70. The van der Waals surface area contributed by atoms with E-state index in [4.69, 9.17) is 9.40 Å². The van der Waals surface area contributed by atoms with Crippen LogP contribution in [0.15, 0.2) is 199 Å². The van der Waals surface area contributed by atoms with Crippen LogP contribution in [0.3, 0.4) is 0 Å². The molecule has 0 amide bonds.